The summed E-state index contributed by atoms with van der Waals surface area (Å²) >= 11 is 3.33. The third-order valence-electron chi connectivity index (χ3n) is 4.37. The quantitative estimate of drug-likeness (QED) is 0.312. The van der Waals surface area contributed by atoms with Crippen molar-refractivity contribution in [2.75, 3.05) is 0 Å². The number of hydrazone groups is 1. The molecule has 0 fully saturated rings. The van der Waals surface area contributed by atoms with E-state index in [1.165, 1.54) is 6.21 Å². The van der Waals surface area contributed by atoms with Gasteiger partial charge in [-0.3, -0.25) is 4.79 Å². The van der Waals surface area contributed by atoms with Crippen molar-refractivity contribution in [2.45, 2.75) is 6.42 Å². The van der Waals surface area contributed by atoms with Gasteiger partial charge in [-0.25, -0.2) is 10.4 Å². The highest BCUT2D eigenvalue weighted by molar-refractivity contribution is 9.10. The van der Waals surface area contributed by atoms with Gasteiger partial charge in [0.25, 0.3) is 5.91 Å². The standard InChI is InChI=1S/C22H17BrN4O2/c23-17-7-9-20(28)16(11-17)13-24-27-22(29)15-6-8-18-19(12-15)26-21(25-18)10-14-4-2-1-3-5-14/h1-9,11-13,28H,10H2,(H,25,26)(H,27,29)/b24-13-. The fourth-order valence-corrected chi connectivity index (χ4v) is 3.31. The number of benzene rings is 3. The van der Waals surface area contributed by atoms with Crippen LogP contribution in [0.25, 0.3) is 11.0 Å². The molecule has 0 unspecified atom stereocenters. The molecule has 144 valence electrons. The molecule has 3 aromatic carbocycles. The number of amides is 1. The highest BCUT2D eigenvalue weighted by atomic mass is 79.9. The molecule has 0 aliphatic heterocycles. The number of imidazole rings is 1. The highest BCUT2D eigenvalue weighted by Gasteiger charge is 2.09. The summed E-state index contributed by atoms with van der Waals surface area (Å²) in [6.45, 7) is 0. The van der Waals surface area contributed by atoms with Crippen LogP contribution in [0, 0.1) is 0 Å². The first-order valence-corrected chi connectivity index (χ1v) is 9.72. The maximum atomic E-state index is 12.4. The predicted octanol–water partition coefficient (Wildman–Crippen LogP) is 4.39. The summed E-state index contributed by atoms with van der Waals surface area (Å²) in [5.74, 6) is 0.569. The molecule has 0 atom stereocenters. The van der Waals surface area contributed by atoms with Crippen LogP contribution in [0.1, 0.15) is 27.3 Å². The number of aromatic nitrogens is 2. The monoisotopic (exact) mass is 448 g/mol. The van der Waals surface area contributed by atoms with Gasteiger partial charge in [0.2, 0.25) is 0 Å². The third kappa shape index (κ3) is 4.52. The zero-order valence-electron chi connectivity index (χ0n) is 15.3. The Kier molecular flexibility index (Phi) is 5.39. The van der Waals surface area contributed by atoms with Gasteiger partial charge in [-0.2, -0.15) is 5.10 Å². The first-order chi connectivity index (χ1) is 14.1. The average Bonchev–Trinajstić information content (AvgIpc) is 3.12. The molecule has 29 heavy (non-hydrogen) atoms. The van der Waals surface area contributed by atoms with Crippen molar-refractivity contribution in [3.8, 4) is 5.75 Å². The van der Waals surface area contributed by atoms with E-state index in [9.17, 15) is 9.90 Å². The predicted molar refractivity (Wildman–Crippen MR) is 116 cm³/mol. The molecule has 0 spiro atoms. The van der Waals surface area contributed by atoms with E-state index in [0.29, 0.717) is 17.5 Å². The second kappa shape index (κ2) is 8.28. The summed E-state index contributed by atoms with van der Waals surface area (Å²) < 4.78 is 0.805. The van der Waals surface area contributed by atoms with Crippen molar-refractivity contribution in [1.82, 2.24) is 15.4 Å². The number of phenols is 1. The number of halogens is 1. The Morgan fingerprint density at radius 1 is 1.14 bits per heavy atom. The van der Waals surface area contributed by atoms with E-state index < -0.39 is 0 Å². The lowest BCUT2D eigenvalue weighted by Crippen LogP contribution is -2.17. The zero-order valence-corrected chi connectivity index (χ0v) is 16.8. The lowest BCUT2D eigenvalue weighted by atomic mass is 10.1. The number of carbonyl (C=O) groups is 1. The van der Waals surface area contributed by atoms with Crippen LogP contribution in [0.15, 0.2) is 76.3 Å². The van der Waals surface area contributed by atoms with Crippen molar-refractivity contribution < 1.29 is 9.90 Å². The fraction of sp³-hybridized carbons (Fsp3) is 0.0455. The van der Waals surface area contributed by atoms with Gasteiger partial charge in [0.1, 0.15) is 11.6 Å². The SMILES string of the molecule is O=C(N/N=C\c1cc(Br)ccc1O)c1ccc2nc(Cc3ccccc3)[nH]c2c1. The first kappa shape index (κ1) is 18.9. The molecule has 0 saturated heterocycles. The third-order valence-corrected chi connectivity index (χ3v) is 4.86. The molecule has 0 bridgehead atoms. The molecule has 1 aromatic heterocycles. The Labute approximate surface area is 175 Å². The van der Waals surface area contributed by atoms with Crippen molar-refractivity contribution in [3.05, 3.63) is 93.7 Å². The van der Waals surface area contributed by atoms with Crippen LogP contribution in [-0.4, -0.2) is 27.2 Å². The summed E-state index contributed by atoms with van der Waals surface area (Å²) in [4.78, 5) is 20.2. The number of hydrogen-bond acceptors (Lipinski definition) is 4. The summed E-state index contributed by atoms with van der Waals surface area (Å²) in [6.07, 6.45) is 2.09. The number of rotatable bonds is 5. The Balaban J connectivity index is 1.48. The molecular formula is C22H17BrN4O2. The largest absolute Gasteiger partial charge is 0.507 e. The molecule has 7 heteroatoms. The van der Waals surface area contributed by atoms with E-state index in [-0.39, 0.29) is 11.7 Å². The molecule has 0 aliphatic carbocycles. The van der Waals surface area contributed by atoms with Gasteiger partial charge >= 0.3 is 0 Å². The molecule has 0 radical (unpaired) electrons. The van der Waals surface area contributed by atoms with Crippen LogP contribution in [0.3, 0.4) is 0 Å². The molecule has 0 saturated carbocycles. The van der Waals surface area contributed by atoms with E-state index in [1.54, 1.807) is 36.4 Å². The van der Waals surface area contributed by atoms with Crippen molar-refractivity contribution in [2.24, 2.45) is 5.10 Å². The van der Waals surface area contributed by atoms with Gasteiger partial charge in [0, 0.05) is 22.0 Å². The Hall–Kier alpha value is -3.45. The van der Waals surface area contributed by atoms with Crippen molar-refractivity contribution in [3.63, 3.8) is 0 Å². The molecule has 1 heterocycles. The Bertz CT molecular complexity index is 1200. The second-order valence-corrected chi connectivity index (χ2v) is 7.40. The average molecular weight is 449 g/mol. The highest BCUT2D eigenvalue weighted by Crippen LogP contribution is 2.20. The van der Waals surface area contributed by atoms with Crippen molar-refractivity contribution in [1.29, 1.82) is 0 Å². The van der Waals surface area contributed by atoms with Crippen LogP contribution >= 0.6 is 15.9 Å². The van der Waals surface area contributed by atoms with E-state index in [0.717, 1.165) is 26.9 Å². The van der Waals surface area contributed by atoms with Crippen molar-refractivity contribution >= 4 is 39.1 Å². The molecule has 1 amide bonds. The van der Waals surface area contributed by atoms with Crippen LogP contribution < -0.4 is 5.43 Å². The fourth-order valence-electron chi connectivity index (χ4n) is 2.93. The maximum absolute atomic E-state index is 12.4. The van der Waals surface area contributed by atoms with Gasteiger partial charge in [0.05, 0.1) is 17.2 Å². The minimum Gasteiger partial charge on any atom is -0.507 e. The van der Waals surface area contributed by atoms with Crippen LogP contribution in [-0.2, 0) is 6.42 Å². The van der Waals surface area contributed by atoms with Gasteiger partial charge < -0.3 is 10.1 Å². The minimum atomic E-state index is -0.350. The summed E-state index contributed by atoms with van der Waals surface area (Å²) in [7, 11) is 0. The van der Waals surface area contributed by atoms with Crippen LogP contribution in [0.2, 0.25) is 0 Å². The minimum absolute atomic E-state index is 0.0797. The van der Waals surface area contributed by atoms with Gasteiger partial charge in [-0.05, 0) is 42.0 Å². The van der Waals surface area contributed by atoms with E-state index in [1.807, 2.05) is 30.3 Å². The second-order valence-electron chi connectivity index (χ2n) is 6.48. The number of aromatic amines is 1. The van der Waals surface area contributed by atoms with Crippen LogP contribution in [0.5, 0.6) is 5.75 Å². The van der Waals surface area contributed by atoms with E-state index >= 15 is 0 Å². The number of phenolic OH excluding ortho intramolecular Hbond substituents is 1. The molecule has 6 nitrogen and oxygen atoms in total. The number of carbonyl (C=O) groups excluding carboxylic acids is 1. The van der Waals surface area contributed by atoms with Gasteiger partial charge in [-0.15, -0.1) is 0 Å². The summed E-state index contributed by atoms with van der Waals surface area (Å²) in [6, 6.07) is 20.3. The normalized spacial score (nSPS) is 11.2. The Morgan fingerprint density at radius 2 is 1.97 bits per heavy atom. The van der Waals surface area contributed by atoms with E-state index in [4.69, 9.17) is 0 Å². The number of aromatic hydroxyl groups is 1. The lowest BCUT2D eigenvalue weighted by molar-refractivity contribution is 0.0955. The lowest BCUT2D eigenvalue weighted by Gasteiger charge is -2.01. The first-order valence-electron chi connectivity index (χ1n) is 8.93. The van der Waals surface area contributed by atoms with Gasteiger partial charge in [-0.1, -0.05) is 46.3 Å². The Morgan fingerprint density at radius 3 is 2.79 bits per heavy atom. The number of H-pyrrole nitrogens is 1. The summed E-state index contributed by atoms with van der Waals surface area (Å²) in [5.41, 5.74) is 6.18. The number of nitrogens with one attached hydrogen (secondary N) is 2. The number of fused-ring (bicyclic) bond motifs is 1. The summed E-state index contributed by atoms with van der Waals surface area (Å²) in [5, 5.41) is 13.7. The molecule has 0 aliphatic rings. The number of hydrogen-bond donors (Lipinski definition) is 3. The topological polar surface area (TPSA) is 90.4 Å². The number of nitrogens with zero attached hydrogens (tertiary/aromatic N) is 2. The molecular weight excluding hydrogens is 432 g/mol. The smallest absolute Gasteiger partial charge is 0.271 e. The molecule has 4 rings (SSSR count). The van der Waals surface area contributed by atoms with Gasteiger partial charge in [0.15, 0.2) is 0 Å². The van der Waals surface area contributed by atoms with Crippen LogP contribution in [0.4, 0.5) is 0 Å². The van der Waals surface area contributed by atoms with E-state index in [2.05, 4.69) is 36.4 Å². The maximum Gasteiger partial charge on any atom is 0.271 e. The molecule has 4 aromatic rings. The molecule has 3 N–H and O–H groups in total. The zero-order chi connectivity index (χ0) is 20.2.